The van der Waals surface area contributed by atoms with E-state index in [1.54, 1.807) is 6.20 Å². The Morgan fingerprint density at radius 1 is 1.36 bits per heavy atom. The van der Waals surface area contributed by atoms with Gasteiger partial charge in [0.05, 0.1) is 5.52 Å². The Balaban J connectivity index is 2.78. The molecule has 54 valence electrons. The van der Waals surface area contributed by atoms with E-state index < -0.39 is 0 Å². The van der Waals surface area contributed by atoms with Crippen LogP contribution in [-0.2, 0) is 4.79 Å². The number of nitrogens with zero attached hydrogens (tertiary/aromatic N) is 2. The van der Waals surface area contributed by atoms with Crippen molar-refractivity contribution in [2.75, 3.05) is 0 Å². The van der Waals surface area contributed by atoms with Gasteiger partial charge in [-0.05, 0) is 6.07 Å². The molecule has 0 aliphatic rings. The Kier molecular flexibility index (Phi) is 1.22. The summed E-state index contributed by atoms with van der Waals surface area (Å²) in [7, 11) is 0. The zero-order valence-corrected chi connectivity index (χ0v) is 5.77. The first-order valence-electron chi connectivity index (χ1n) is 3.29. The molecule has 0 unspecified atom stereocenters. The second kappa shape index (κ2) is 2.20. The maximum atomic E-state index is 10.3. The number of hydrogen-bond acceptors (Lipinski definition) is 2. The molecule has 3 heteroatoms. The number of benzene rings is 1. The lowest BCUT2D eigenvalue weighted by Gasteiger charge is -1.80. The van der Waals surface area contributed by atoms with Crippen LogP contribution in [-0.4, -0.2) is 16.2 Å². The van der Waals surface area contributed by atoms with Crippen molar-refractivity contribution in [3.63, 3.8) is 0 Å². The highest BCUT2D eigenvalue weighted by Gasteiger charge is 1.95. The van der Waals surface area contributed by atoms with Crippen LogP contribution in [0, 0.1) is 0 Å². The number of aromatic nitrogens is 2. The molecular formula is C8H6N2O. The van der Waals surface area contributed by atoms with Gasteiger partial charge in [0, 0.05) is 11.6 Å². The topological polar surface area (TPSA) is 34.9 Å². The first-order valence-corrected chi connectivity index (χ1v) is 3.29. The number of rotatable bonds is 1. The molecule has 0 fully saturated rings. The minimum atomic E-state index is 0.681. The van der Waals surface area contributed by atoms with Crippen molar-refractivity contribution in [1.29, 1.82) is 0 Å². The average molecular weight is 146 g/mol. The number of fused-ring (bicyclic) bond motifs is 1. The second-order valence-electron chi connectivity index (χ2n) is 2.27. The molecule has 1 aromatic heterocycles. The summed E-state index contributed by atoms with van der Waals surface area (Å²) in [6, 6.07) is 7.60. The Bertz CT molecular complexity index is 359. The van der Waals surface area contributed by atoms with Crippen LogP contribution in [0.2, 0.25) is 0 Å². The quantitative estimate of drug-likeness (QED) is 0.564. The maximum absolute atomic E-state index is 10.3. The molecule has 2 aromatic rings. The monoisotopic (exact) mass is 146 g/mol. The van der Waals surface area contributed by atoms with Gasteiger partial charge >= 0.3 is 0 Å². The normalized spacial score (nSPS) is 10.2. The van der Waals surface area contributed by atoms with E-state index in [0.717, 1.165) is 10.9 Å². The van der Waals surface area contributed by atoms with Crippen molar-refractivity contribution < 1.29 is 4.79 Å². The summed E-state index contributed by atoms with van der Waals surface area (Å²) in [6.07, 6.45) is 2.38. The van der Waals surface area contributed by atoms with Crippen molar-refractivity contribution in [3.8, 4) is 0 Å². The molecule has 0 bridgehead atoms. The van der Waals surface area contributed by atoms with E-state index in [4.69, 9.17) is 0 Å². The molecule has 0 N–H and O–H groups in total. The van der Waals surface area contributed by atoms with E-state index >= 15 is 0 Å². The van der Waals surface area contributed by atoms with Gasteiger partial charge in [-0.2, -0.15) is 5.10 Å². The summed E-state index contributed by atoms with van der Waals surface area (Å²) in [4.78, 5) is 10.3. The van der Waals surface area contributed by atoms with Crippen LogP contribution < -0.4 is 0 Å². The van der Waals surface area contributed by atoms with Crippen LogP contribution in [0.1, 0.15) is 0 Å². The minimum absolute atomic E-state index is 0.681. The molecule has 0 amide bonds. The molecular weight excluding hydrogens is 140 g/mol. The third-order valence-corrected chi connectivity index (χ3v) is 1.54. The van der Waals surface area contributed by atoms with Gasteiger partial charge in [-0.3, -0.25) is 4.79 Å². The lowest BCUT2D eigenvalue weighted by molar-refractivity contribution is 0.541. The fraction of sp³-hybridized carbons (Fsp3) is 0. The van der Waals surface area contributed by atoms with Crippen LogP contribution >= 0.6 is 0 Å². The highest BCUT2D eigenvalue weighted by Crippen LogP contribution is 2.09. The van der Waals surface area contributed by atoms with Gasteiger partial charge in [0.15, 0.2) is 0 Å². The summed E-state index contributed by atoms with van der Waals surface area (Å²) < 4.78 is 1.27. The molecule has 1 heterocycles. The lowest BCUT2D eigenvalue weighted by Crippen LogP contribution is -1.92. The van der Waals surface area contributed by atoms with E-state index in [2.05, 4.69) is 5.10 Å². The zero-order valence-electron chi connectivity index (χ0n) is 5.77. The Labute approximate surface area is 63.2 Å². The maximum Gasteiger partial charge on any atom is 0.234 e. The Morgan fingerprint density at radius 3 is 2.91 bits per heavy atom. The molecule has 0 aliphatic carbocycles. The molecule has 0 aliphatic heterocycles. The standard InChI is InChI=1S/C8H6N2O/c11-6-10-5-7-3-1-2-4-8(7)9-10/h1-6H. The molecule has 1 aromatic carbocycles. The second-order valence-corrected chi connectivity index (χ2v) is 2.27. The van der Waals surface area contributed by atoms with Crippen LogP contribution in [0.5, 0.6) is 0 Å². The fourth-order valence-corrected chi connectivity index (χ4v) is 1.04. The number of carbonyl (C=O) groups is 1. The predicted molar refractivity (Wildman–Crippen MR) is 41.9 cm³/mol. The van der Waals surface area contributed by atoms with Crippen LogP contribution in [0.4, 0.5) is 0 Å². The molecule has 11 heavy (non-hydrogen) atoms. The summed E-state index contributed by atoms with van der Waals surface area (Å²) >= 11 is 0. The van der Waals surface area contributed by atoms with Gasteiger partial charge in [-0.1, -0.05) is 18.2 Å². The van der Waals surface area contributed by atoms with Gasteiger partial charge in [-0.25, -0.2) is 4.68 Å². The van der Waals surface area contributed by atoms with Crippen molar-refractivity contribution in [2.45, 2.75) is 0 Å². The van der Waals surface area contributed by atoms with E-state index in [1.165, 1.54) is 4.68 Å². The predicted octanol–water partition coefficient (Wildman–Crippen LogP) is 1.07. The lowest BCUT2D eigenvalue weighted by atomic mass is 10.3. The number of hydrogen-bond donors (Lipinski definition) is 0. The largest absolute Gasteiger partial charge is 0.276 e. The van der Waals surface area contributed by atoms with Crippen LogP contribution in [0.3, 0.4) is 0 Å². The first kappa shape index (κ1) is 6.09. The third-order valence-electron chi connectivity index (χ3n) is 1.54. The fourth-order valence-electron chi connectivity index (χ4n) is 1.04. The highest BCUT2D eigenvalue weighted by atomic mass is 16.1. The zero-order chi connectivity index (χ0) is 7.68. The summed E-state index contributed by atoms with van der Waals surface area (Å²) in [5.74, 6) is 0. The molecule has 0 saturated heterocycles. The SMILES string of the molecule is O=Cn1cc2ccccc2n1. The number of carbonyl (C=O) groups excluding carboxylic acids is 1. The molecule has 0 spiro atoms. The van der Waals surface area contributed by atoms with Crippen molar-refractivity contribution in [1.82, 2.24) is 9.78 Å². The highest BCUT2D eigenvalue weighted by molar-refractivity contribution is 5.79. The Hall–Kier alpha value is -1.64. The van der Waals surface area contributed by atoms with Gasteiger partial charge in [0.2, 0.25) is 6.41 Å². The van der Waals surface area contributed by atoms with Crippen LogP contribution in [0.15, 0.2) is 30.5 Å². The van der Waals surface area contributed by atoms with E-state index in [0.29, 0.717) is 6.41 Å². The van der Waals surface area contributed by atoms with Gasteiger partial charge in [0.25, 0.3) is 0 Å². The van der Waals surface area contributed by atoms with Crippen molar-refractivity contribution in [3.05, 3.63) is 30.5 Å². The third kappa shape index (κ3) is 0.902. The average Bonchev–Trinajstić information content (AvgIpc) is 2.46. The van der Waals surface area contributed by atoms with Crippen molar-refractivity contribution in [2.24, 2.45) is 0 Å². The van der Waals surface area contributed by atoms with Crippen molar-refractivity contribution >= 4 is 17.3 Å². The van der Waals surface area contributed by atoms with E-state index in [9.17, 15) is 4.79 Å². The minimum Gasteiger partial charge on any atom is -0.276 e. The van der Waals surface area contributed by atoms with Gasteiger partial charge in [0.1, 0.15) is 0 Å². The van der Waals surface area contributed by atoms with Gasteiger partial charge in [-0.15, -0.1) is 0 Å². The molecule has 0 radical (unpaired) electrons. The van der Waals surface area contributed by atoms with E-state index in [-0.39, 0.29) is 0 Å². The molecule has 2 rings (SSSR count). The smallest absolute Gasteiger partial charge is 0.234 e. The summed E-state index contributed by atoms with van der Waals surface area (Å²) in [6.45, 7) is 0. The van der Waals surface area contributed by atoms with Crippen LogP contribution in [0.25, 0.3) is 10.9 Å². The summed E-state index contributed by atoms with van der Waals surface area (Å²) in [5, 5.41) is 4.97. The molecule has 0 saturated carbocycles. The first-order chi connectivity index (χ1) is 5.40. The molecule has 0 atom stereocenters. The van der Waals surface area contributed by atoms with Gasteiger partial charge < -0.3 is 0 Å². The Morgan fingerprint density at radius 2 is 2.18 bits per heavy atom. The molecule has 3 nitrogen and oxygen atoms in total. The van der Waals surface area contributed by atoms with E-state index in [1.807, 2.05) is 24.3 Å². The summed E-state index contributed by atoms with van der Waals surface area (Å²) in [5.41, 5.74) is 0.847.